The molecule has 1 fully saturated rings. The molecule has 8 heteroatoms. The summed E-state index contributed by atoms with van der Waals surface area (Å²) in [6.45, 7) is -0.137. The van der Waals surface area contributed by atoms with E-state index in [2.05, 4.69) is 20.9 Å². The quantitative estimate of drug-likeness (QED) is 0.692. The summed E-state index contributed by atoms with van der Waals surface area (Å²) < 4.78 is 1.62. The van der Waals surface area contributed by atoms with Crippen molar-refractivity contribution in [3.05, 3.63) is 31.5 Å². The molecule has 0 aromatic carbocycles. The first-order valence-corrected chi connectivity index (χ1v) is 6.72. The summed E-state index contributed by atoms with van der Waals surface area (Å²) in [7, 11) is 0. The molecule has 0 spiro atoms. The summed E-state index contributed by atoms with van der Waals surface area (Å²) in [4.78, 5) is 25.0. The third-order valence-corrected chi connectivity index (χ3v) is 4.73. The van der Waals surface area contributed by atoms with E-state index in [1.54, 1.807) is 0 Å². The second-order valence-electron chi connectivity index (χ2n) is 3.76. The Morgan fingerprint density at radius 1 is 1.59 bits per heavy atom. The van der Waals surface area contributed by atoms with Gasteiger partial charge in [-0.25, -0.2) is 4.79 Å². The average molecular weight is 323 g/mol. The summed E-state index contributed by atoms with van der Waals surface area (Å²) in [5.41, 5.74) is -0.991. The lowest BCUT2D eigenvalue weighted by Gasteiger charge is -2.12. The Hall–Kier alpha value is -0.570. The van der Waals surface area contributed by atoms with Crippen LogP contribution in [0.15, 0.2) is 20.3 Å². The first kappa shape index (κ1) is 12.9. The maximum absolute atomic E-state index is 11.6. The van der Waals surface area contributed by atoms with E-state index in [0.29, 0.717) is 6.42 Å². The zero-order valence-corrected chi connectivity index (χ0v) is 11.1. The van der Waals surface area contributed by atoms with Gasteiger partial charge in [-0.1, -0.05) is 0 Å². The highest BCUT2D eigenvalue weighted by molar-refractivity contribution is 9.10. The molecule has 17 heavy (non-hydrogen) atoms. The van der Waals surface area contributed by atoms with Gasteiger partial charge in [0.25, 0.3) is 5.56 Å². The summed E-state index contributed by atoms with van der Waals surface area (Å²) in [6, 6.07) is 0. The van der Waals surface area contributed by atoms with Crippen molar-refractivity contribution >= 4 is 27.7 Å². The summed E-state index contributed by atoms with van der Waals surface area (Å²) in [5.74, 6) is 0. The molecule has 2 rings (SSSR count). The van der Waals surface area contributed by atoms with Gasteiger partial charge in [-0.15, -0.1) is 11.8 Å². The molecule has 3 N–H and O–H groups in total. The second-order valence-corrected chi connectivity index (χ2v) is 6.03. The number of H-pyrrole nitrogens is 1. The minimum absolute atomic E-state index is 0.137. The third kappa shape index (κ3) is 2.49. The minimum Gasteiger partial charge on any atom is -0.395 e. The smallest absolute Gasteiger partial charge is 0.329 e. The molecule has 3 atom stereocenters. The van der Waals surface area contributed by atoms with Crippen LogP contribution in [0.5, 0.6) is 0 Å². The number of aliphatic hydroxyl groups is 2. The van der Waals surface area contributed by atoms with E-state index in [9.17, 15) is 14.7 Å². The SMILES string of the molecule is O=c1[nH]c(=O)n([C@H]2CC(O)C(CO)S2)cc1Br. The van der Waals surface area contributed by atoms with E-state index in [-0.39, 0.29) is 21.7 Å². The van der Waals surface area contributed by atoms with Crippen LogP contribution < -0.4 is 11.2 Å². The predicted molar refractivity (Wildman–Crippen MR) is 67.1 cm³/mol. The van der Waals surface area contributed by atoms with Crippen molar-refractivity contribution in [3.63, 3.8) is 0 Å². The fraction of sp³-hybridized carbons (Fsp3) is 0.556. The highest BCUT2D eigenvalue weighted by Crippen LogP contribution is 2.40. The van der Waals surface area contributed by atoms with Crippen LogP contribution in [-0.2, 0) is 0 Å². The molecule has 0 amide bonds. The van der Waals surface area contributed by atoms with Crippen molar-refractivity contribution in [2.45, 2.75) is 23.1 Å². The Morgan fingerprint density at radius 2 is 2.29 bits per heavy atom. The van der Waals surface area contributed by atoms with Crippen molar-refractivity contribution in [1.29, 1.82) is 0 Å². The monoisotopic (exact) mass is 322 g/mol. The van der Waals surface area contributed by atoms with E-state index in [1.165, 1.54) is 22.5 Å². The van der Waals surface area contributed by atoms with Crippen LogP contribution in [0.3, 0.4) is 0 Å². The summed E-state index contributed by atoms with van der Waals surface area (Å²) in [6.07, 6.45) is 1.13. The fourth-order valence-corrected chi connectivity index (χ4v) is 3.42. The Balaban J connectivity index is 2.34. The lowest BCUT2D eigenvalue weighted by Crippen LogP contribution is -2.31. The average Bonchev–Trinajstić information content (AvgIpc) is 2.65. The molecule has 2 unspecified atom stereocenters. The number of nitrogens with one attached hydrogen (secondary N) is 1. The molecule has 0 aliphatic carbocycles. The maximum atomic E-state index is 11.6. The number of thioether (sulfide) groups is 1. The van der Waals surface area contributed by atoms with Gasteiger partial charge >= 0.3 is 5.69 Å². The highest BCUT2D eigenvalue weighted by Gasteiger charge is 2.34. The minimum atomic E-state index is -0.646. The lowest BCUT2D eigenvalue weighted by molar-refractivity contribution is 0.137. The van der Waals surface area contributed by atoms with Crippen LogP contribution in [0, 0.1) is 0 Å². The largest absolute Gasteiger partial charge is 0.395 e. The van der Waals surface area contributed by atoms with Crippen LogP contribution >= 0.6 is 27.7 Å². The molecule has 1 aromatic heterocycles. The topological polar surface area (TPSA) is 95.3 Å². The van der Waals surface area contributed by atoms with Crippen molar-refractivity contribution in [2.24, 2.45) is 0 Å². The van der Waals surface area contributed by atoms with E-state index in [1.807, 2.05) is 0 Å². The molecule has 0 bridgehead atoms. The van der Waals surface area contributed by atoms with Gasteiger partial charge in [-0.05, 0) is 15.9 Å². The molecule has 6 nitrogen and oxygen atoms in total. The number of hydrogen-bond acceptors (Lipinski definition) is 5. The van der Waals surface area contributed by atoms with Crippen LogP contribution in [0.1, 0.15) is 11.8 Å². The number of aliphatic hydroxyl groups excluding tert-OH is 2. The van der Waals surface area contributed by atoms with Gasteiger partial charge in [0, 0.05) is 12.6 Å². The molecule has 1 saturated heterocycles. The van der Waals surface area contributed by atoms with E-state index < -0.39 is 17.4 Å². The number of nitrogens with zero attached hydrogens (tertiary/aromatic N) is 1. The van der Waals surface area contributed by atoms with Crippen LogP contribution in [0.2, 0.25) is 0 Å². The van der Waals surface area contributed by atoms with Gasteiger partial charge in [0.15, 0.2) is 0 Å². The molecule has 94 valence electrons. The molecule has 2 heterocycles. The van der Waals surface area contributed by atoms with Crippen molar-refractivity contribution in [2.75, 3.05) is 6.61 Å². The van der Waals surface area contributed by atoms with Gasteiger partial charge in [0.2, 0.25) is 0 Å². The number of hydrogen-bond donors (Lipinski definition) is 3. The molecular formula is C9H11BrN2O4S. The Bertz CT molecular complexity index is 528. The standard InChI is InChI=1S/C9H11BrN2O4S/c10-4-2-12(9(16)11-8(4)15)7-1-5(14)6(3-13)17-7/h2,5-7,13-14H,1,3H2,(H,11,15,16)/t5?,6?,7-/m1/s1. The third-order valence-electron chi connectivity index (χ3n) is 2.62. The van der Waals surface area contributed by atoms with E-state index in [4.69, 9.17) is 5.11 Å². The van der Waals surface area contributed by atoms with Gasteiger partial charge in [0.1, 0.15) is 0 Å². The Labute approximate surface area is 109 Å². The van der Waals surface area contributed by atoms with Crippen molar-refractivity contribution < 1.29 is 10.2 Å². The van der Waals surface area contributed by atoms with E-state index in [0.717, 1.165) is 0 Å². The molecule has 0 saturated carbocycles. The Morgan fingerprint density at radius 3 is 2.88 bits per heavy atom. The molecule has 1 aliphatic heterocycles. The first-order valence-electron chi connectivity index (χ1n) is 4.98. The van der Waals surface area contributed by atoms with Crippen molar-refractivity contribution in [1.82, 2.24) is 9.55 Å². The number of halogens is 1. The molecule has 1 aliphatic rings. The van der Waals surface area contributed by atoms with Crippen LogP contribution in [0.4, 0.5) is 0 Å². The normalized spacial score (nSPS) is 28.5. The van der Waals surface area contributed by atoms with Gasteiger partial charge < -0.3 is 10.2 Å². The van der Waals surface area contributed by atoms with Crippen molar-refractivity contribution in [3.8, 4) is 0 Å². The van der Waals surface area contributed by atoms with Gasteiger partial charge in [-0.2, -0.15) is 0 Å². The first-order chi connectivity index (χ1) is 8.02. The summed E-state index contributed by atoms with van der Waals surface area (Å²) in [5, 5.41) is 18.1. The zero-order chi connectivity index (χ0) is 12.6. The molecule has 1 aromatic rings. The maximum Gasteiger partial charge on any atom is 0.329 e. The zero-order valence-electron chi connectivity index (χ0n) is 8.67. The van der Waals surface area contributed by atoms with Gasteiger partial charge in [-0.3, -0.25) is 14.3 Å². The number of rotatable bonds is 2. The number of aromatic amines is 1. The molecular weight excluding hydrogens is 312 g/mol. The van der Waals surface area contributed by atoms with Crippen LogP contribution in [0.25, 0.3) is 0 Å². The fourth-order valence-electron chi connectivity index (χ4n) is 1.72. The summed E-state index contributed by atoms with van der Waals surface area (Å²) >= 11 is 4.37. The predicted octanol–water partition coefficient (Wildman–Crippen LogP) is -0.344. The number of aromatic nitrogens is 2. The van der Waals surface area contributed by atoms with E-state index >= 15 is 0 Å². The lowest BCUT2D eigenvalue weighted by atomic mass is 10.2. The second kappa shape index (κ2) is 4.97. The van der Waals surface area contributed by atoms with Crippen LogP contribution in [-0.4, -0.2) is 37.7 Å². The van der Waals surface area contributed by atoms with Gasteiger partial charge in [0.05, 0.1) is 27.8 Å². The highest BCUT2D eigenvalue weighted by atomic mass is 79.9. The Kier molecular flexibility index (Phi) is 3.76. The molecule has 0 radical (unpaired) electrons.